The summed E-state index contributed by atoms with van der Waals surface area (Å²) in [5.41, 5.74) is 1.23. The van der Waals surface area contributed by atoms with Gasteiger partial charge in [0.15, 0.2) is 11.5 Å². The number of ether oxygens (including phenoxy) is 2. The highest BCUT2D eigenvalue weighted by molar-refractivity contribution is 5.52. The van der Waals surface area contributed by atoms with Gasteiger partial charge < -0.3 is 14.3 Å². The summed E-state index contributed by atoms with van der Waals surface area (Å²) in [5, 5.41) is 0. The number of para-hydroxylation sites is 1. The van der Waals surface area contributed by atoms with Gasteiger partial charge in [0.2, 0.25) is 0 Å². The second kappa shape index (κ2) is 3.64. The summed E-state index contributed by atoms with van der Waals surface area (Å²) < 4.78 is 11.3. The number of nitrogens with two attached hydrogens (primary N) is 1. The summed E-state index contributed by atoms with van der Waals surface area (Å²) in [5.74, 6) is 6.91. The monoisotopic (exact) mass is 221 g/mol. The van der Waals surface area contributed by atoms with Crippen LogP contribution in [0.1, 0.15) is 18.4 Å². The van der Waals surface area contributed by atoms with Gasteiger partial charge in [-0.1, -0.05) is 12.1 Å². The van der Waals surface area contributed by atoms with E-state index in [4.69, 9.17) is 20.2 Å². The lowest BCUT2D eigenvalue weighted by molar-refractivity contribution is 0.112. The first kappa shape index (κ1) is 9.93. The first-order chi connectivity index (χ1) is 7.86. The number of hydrogen-bond donors (Lipinski definition) is 1. The molecule has 1 fully saturated rings. The van der Waals surface area contributed by atoms with Gasteiger partial charge in [-0.05, 0) is 18.9 Å². The Bertz CT molecular complexity index is 401. The van der Waals surface area contributed by atoms with Crippen molar-refractivity contribution >= 4 is 0 Å². The Balaban J connectivity index is 2.01. The minimum Gasteiger partial charge on any atom is -0.486 e. The lowest BCUT2D eigenvalue weighted by Crippen LogP contribution is -2.22. The molecule has 4 nitrogen and oxygen atoms in total. The Labute approximate surface area is 94.2 Å². The zero-order chi connectivity index (χ0) is 11.0. The molecule has 3 rings (SSSR count). The highest BCUT2D eigenvalue weighted by atomic mass is 16.6. The van der Waals surface area contributed by atoms with Crippen LogP contribution in [-0.2, 0) is 10.3 Å². The minimum absolute atomic E-state index is 0.0563. The Morgan fingerprint density at radius 3 is 2.81 bits per heavy atom. The average Bonchev–Trinajstić information content (AvgIpc) is 3.10. The number of fused-ring (bicyclic) bond motifs is 1. The predicted molar refractivity (Wildman–Crippen MR) is 58.5 cm³/mol. The molecule has 0 bridgehead atoms. The Kier molecular flexibility index (Phi) is 2.26. The number of benzene rings is 1. The van der Waals surface area contributed by atoms with Crippen molar-refractivity contribution in [2.24, 2.45) is 5.90 Å². The van der Waals surface area contributed by atoms with Gasteiger partial charge in [0.25, 0.3) is 0 Å². The van der Waals surface area contributed by atoms with Gasteiger partial charge in [0, 0.05) is 11.0 Å². The van der Waals surface area contributed by atoms with E-state index < -0.39 is 0 Å². The van der Waals surface area contributed by atoms with E-state index in [-0.39, 0.29) is 5.41 Å². The molecule has 1 aromatic rings. The van der Waals surface area contributed by atoms with E-state index in [2.05, 4.69) is 6.07 Å². The summed E-state index contributed by atoms with van der Waals surface area (Å²) in [6.07, 6.45) is 2.20. The summed E-state index contributed by atoms with van der Waals surface area (Å²) >= 11 is 0. The first-order valence-corrected chi connectivity index (χ1v) is 5.56. The van der Waals surface area contributed by atoms with Gasteiger partial charge in [-0.15, -0.1) is 0 Å². The quantitative estimate of drug-likeness (QED) is 0.783. The molecule has 1 aromatic carbocycles. The zero-order valence-corrected chi connectivity index (χ0v) is 9.07. The highest BCUT2D eigenvalue weighted by Crippen LogP contribution is 2.53. The fourth-order valence-electron chi connectivity index (χ4n) is 2.29. The van der Waals surface area contributed by atoms with Crippen molar-refractivity contribution in [2.45, 2.75) is 18.3 Å². The van der Waals surface area contributed by atoms with Gasteiger partial charge in [-0.25, -0.2) is 5.90 Å². The van der Waals surface area contributed by atoms with Gasteiger partial charge in [0.05, 0.1) is 6.61 Å². The zero-order valence-electron chi connectivity index (χ0n) is 9.07. The standard InChI is InChI=1S/C12H15NO3/c13-16-8-12(4-5-12)9-2-1-3-10-11(9)15-7-6-14-10/h1-3H,4-8,13H2. The van der Waals surface area contributed by atoms with Crippen LogP contribution >= 0.6 is 0 Å². The van der Waals surface area contributed by atoms with E-state index in [1.165, 1.54) is 5.56 Å². The van der Waals surface area contributed by atoms with E-state index in [0.29, 0.717) is 19.8 Å². The van der Waals surface area contributed by atoms with E-state index >= 15 is 0 Å². The normalized spacial score (nSPS) is 20.6. The Morgan fingerprint density at radius 1 is 1.25 bits per heavy atom. The number of hydrogen-bond acceptors (Lipinski definition) is 4. The van der Waals surface area contributed by atoms with Crippen LogP contribution in [0, 0.1) is 0 Å². The van der Waals surface area contributed by atoms with Crippen molar-refractivity contribution < 1.29 is 14.3 Å². The van der Waals surface area contributed by atoms with Crippen molar-refractivity contribution in [3.8, 4) is 11.5 Å². The van der Waals surface area contributed by atoms with Crippen molar-refractivity contribution in [3.05, 3.63) is 23.8 Å². The van der Waals surface area contributed by atoms with Crippen LogP contribution in [-0.4, -0.2) is 19.8 Å². The maximum Gasteiger partial charge on any atom is 0.165 e. The van der Waals surface area contributed by atoms with Gasteiger partial charge >= 0.3 is 0 Å². The summed E-state index contributed by atoms with van der Waals surface area (Å²) in [6, 6.07) is 6.02. The van der Waals surface area contributed by atoms with E-state index in [1.807, 2.05) is 12.1 Å². The molecule has 0 saturated heterocycles. The maximum absolute atomic E-state index is 5.71. The molecule has 1 aliphatic heterocycles. The van der Waals surface area contributed by atoms with Crippen molar-refractivity contribution in [3.63, 3.8) is 0 Å². The molecule has 0 radical (unpaired) electrons. The molecule has 0 unspecified atom stereocenters. The topological polar surface area (TPSA) is 53.7 Å². The van der Waals surface area contributed by atoms with Crippen LogP contribution in [0.2, 0.25) is 0 Å². The molecule has 1 saturated carbocycles. The van der Waals surface area contributed by atoms with Crippen LogP contribution < -0.4 is 15.4 Å². The lowest BCUT2D eigenvalue weighted by Gasteiger charge is -2.24. The molecule has 2 aliphatic rings. The van der Waals surface area contributed by atoms with E-state index in [1.54, 1.807) is 0 Å². The molecular weight excluding hydrogens is 206 g/mol. The molecule has 0 amide bonds. The minimum atomic E-state index is 0.0563. The molecule has 16 heavy (non-hydrogen) atoms. The van der Waals surface area contributed by atoms with Crippen LogP contribution in [0.15, 0.2) is 18.2 Å². The summed E-state index contributed by atoms with van der Waals surface area (Å²) in [6.45, 7) is 1.78. The Morgan fingerprint density at radius 2 is 2.06 bits per heavy atom. The molecule has 0 spiro atoms. The average molecular weight is 221 g/mol. The third kappa shape index (κ3) is 1.45. The predicted octanol–water partition coefficient (Wildman–Crippen LogP) is 1.38. The molecular formula is C12H15NO3. The fourth-order valence-corrected chi connectivity index (χ4v) is 2.29. The van der Waals surface area contributed by atoms with Gasteiger partial charge in [-0.2, -0.15) is 0 Å². The molecule has 86 valence electrons. The molecule has 1 heterocycles. The number of rotatable bonds is 3. The van der Waals surface area contributed by atoms with Crippen LogP contribution in [0.4, 0.5) is 0 Å². The van der Waals surface area contributed by atoms with Crippen LogP contribution in [0.5, 0.6) is 11.5 Å². The first-order valence-electron chi connectivity index (χ1n) is 5.56. The highest BCUT2D eigenvalue weighted by Gasteiger charge is 2.47. The summed E-state index contributed by atoms with van der Waals surface area (Å²) in [7, 11) is 0. The molecule has 4 heteroatoms. The second-order valence-electron chi connectivity index (χ2n) is 4.42. The second-order valence-corrected chi connectivity index (χ2v) is 4.42. The third-order valence-electron chi connectivity index (χ3n) is 3.35. The maximum atomic E-state index is 5.71. The molecule has 0 aromatic heterocycles. The molecule has 0 atom stereocenters. The Hall–Kier alpha value is -1.26. The van der Waals surface area contributed by atoms with Crippen molar-refractivity contribution in [2.75, 3.05) is 19.8 Å². The summed E-state index contributed by atoms with van der Waals surface area (Å²) in [4.78, 5) is 4.82. The fraction of sp³-hybridized carbons (Fsp3) is 0.500. The third-order valence-corrected chi connectivity index (χ3v) is 3.35. The molecule has 1 aliphatic carbocycles. The van der Waals surface area contributed by atoms with Crippen LogP contribution in [0.3, 0.4) is 0 Å². The van der Waals surface area contributed by atoms with Gasteiger partial charge in [0.1, 0.15) is 13.2 Å². The van der Waals surface area contributed by atoms with E-state index in [0.717, 1.165) is 24.3 Å². The van der Waals surface area contributed by atoms with Gasteiger partial charge in [-0.3, -0.25) is 0 Å². The van der Waals surface area contributed by atoms with Crippen molar-refractivity contribution in [1.82, 2.24) is 0 Å². The smallest absolute Gasteiger partial charge is 0.165 e. The lowest BCUT2D eigenvalue weighted by atomic mass is 9.95. The SMILES string of the molecule is NOCC1(c2cccc3c2OCCO3)CC1. The largest absolute Gasteiger partial charge is 0.486 e. The van der Waals surface area contributed by atoms with E-state index in [9.17, 15) is 0 Å². The van der Waals surface area contributed by atoms with Crippen molar-refractivity contribution in [1.29, 1.82) is 0 Å². The molecule has 2 N–H and O–H groups in total. The van der Waals surface area contributed by atoms with Crippen LogP contribution in [0.25, 0.3) is 0 Å².